The SMILES string of the molecule is COC(=O)c1ccc(COc2ncc(F)cn2)cc1. The van der Waals surface area contributed by atoms with Crippen LogP contribution in [0.15, 0.2) is 36.7 Å². The van der Waals surface area contributed by atoms with Gasteiger partial charge in [-0.25, -0.2) is 19.2 Å². The first kappa shape index (κ1) is 12.9. The second kappa shape index (κ2) is 5.90. The van der Waals surface area contributed by atoms with Crippen LogP contribution in [-0.4, -0.2) is 23.0 Å². The largest absolute Gasteiger partial charge is 0.465 e. The Hall–Kier alpha value is -2.50. The van der Waals surface area contributed by atoms with E-state index in [-0.39, 0.29) is 12.6 Å². The van der Waals surface area contributed by atoms with E-state index in [9.17, 15) is 9.18 Å². The summed E-state index contributed by atoms with van der Waals surface area (Å²) in [4.78, 5) is 18.6. The normalized spacial score (nSPS) is 10.0. The Kier molecular flexibility index (Phi) is 4.02. The van der Waals surface area contributed by atoms with E-state index < -0.39 is 11.8 Å². The highest BCUT2D eigenvalue weighted by Crippen LogP contribution is 2.09. The topological polar surface area (TPSA) is 61.3 Å². The Balaban J connectivity index is 1.96. The number of hydrogen-bond donors (Lipinski definition) is 0. The van der Waals surface area contributed by atoms with Crippen LogP contribution in [0.5, 0.6) is 6.01 Å². The highest BCUT2D eigenvalue weighted by Gasteiger charge is 2.05. The molecule has 0 bridgehead atoms. The van der Waals surface area contributed by atoms with Crippen LogP contribution in [0.25, 0.3) is 0 Å². The van der Waals surface area contributed by atoms with Crippen LogP contribution in [0.2, 0.25) is 0 Å². The molecule has 0 spiro atoms. The van der Waals surface area contributed by atoms with Crippen LogP contribution in [-0.2, 0) is 11.3 Å². The van der Waals surface area contributed by atoms with Gasteiger partial charge in [0.05, 0.1) is 25.1 Å². The monoisotopic (exact) mass is 262 g/mol. The summed E-state index contributed by atoms with van der Waals surface area (Å²) >= 11 is 0. The van der Waals surface area contributed by atoms with Gasteiger partial charge in [0.15, 0.2) is 5.82 Å². The quantitative estimate of drug-likeness (QED) is 0.788. The molecule has 0 unspecified atom stereocenters. The van der Waals surface area contributed by atoms with Crippen LogP contribution >= 0.6 is 0 Å². The molecule has 0 aliphatic rings. The fourth-order valence-electron chi connectivity index (χ4n) is 1.38. The summed E-state index contributed by atoms with van der Waals surface area (Å²) in [7, 11) is 1.32. The fourth-order valence-corrected chi connectivity index (χ4v) is 1.38. The zero-order valence-corrected chi connectivity index (χ0v) is 10.2. The molecule has 1 heterocycles. The highest BCUT2D eigenvalue weighted by atomic mass is 19.1. The maximum atomic E-state index is 12.6. The standard InChI is InChI=1S/C13H11FN2O3/c1-18-12(17)10-4-2-9(3-5-10)8-19-13-15-6-11(14)7-16-13/h2-7H,8H2,1H3. The third-order valence-corrected chi connectivity index (χ3v) is 2.34. The van der Waals surface area contributed by atoms with Crippen LogP contribution in [0.1, 0.15) is 15.9 Å². The van der Waals surface area contributed by atoms with E-state index in [4.69, 9.17) is 4.74 Å². The number of benzene rings is 1. The van der Waals surface area contributed by atoms with E-state index in [2.05, 4.69) is 14.7 Å². The Labute approximate surface area is 109 Å². The zero-order valence-electron chi connectivity index (χ0n) is 10.2. The van der Waals surface area contributed by atoms with Gasteiger partial charge in [-0.05, 0) is 17.7 Å². The van der Waals surface area contributed by atoms with Gasteiger partial charge in [-0.1, -0.05) is 12.1 Å². The van der Waals surface area contributed by atoms with Gasteiger partial charge in [0.2, 0.25) is 0 Å². The van der Waals surface area contributed by atoms with E-state index >= 15 is 0 Å². The predicted octanol–water partition coefficient (Wildman–Crippen LogP) is 1.98. The van der Waals surface area contributed by atoms with Gasteiger partial charge < -0.3 is 9.47 Å². The molecule has 0 aliphatic heterocycles. The number of rotatable bonds is 4. The molecule has 1 aromatic heterocycles. The van der Waals surface area contributed by atoms with E-state index in [0.717, 1.165) is 18.0 Å². The summed E-state index contributed by atoms with van der Waals surface area (Å²) in [5.74, 6) is -0.913. The molecule has 6 heteroatoms. The maximum absolute atomic E-state index is 12.6. The van der Waals surface area contributed by atoms with Crippen LogP contribution in [0, 0.1) is 5.82 Å². The van der Waals surface area contributed by atoms with Gasteiger partial charge in [-0.15, -0.1) is 0 Å². The average Bonchev–Trinajstić information content (AvgIpc) is 2.46. The second-order valence-corrected chi connectivity index (χ2v) is 3.66. The first-order valence-corrected chi connectivity index (χ1v) is 5.46. The van der Waals surface area contributed by atoms with Crippen molar-refractivity contribution >= 4 is 5.97 Å². The number of methoxy groups -OCH3 is 1. The summed E-state index contributed by atoms with van der Waals surface area (Å²) in [6, 6.07) is 6.83. The predicted molar refractivity (Wildman–Crippen MR) is 64.1 cm³/mol. The number of halogens is 1. The molecular formula is C13H11FN2O3. The van der Waals surface area contributed by atoms with Crippen LogP contribution in [0.4, 0.5) is 4.39 Å². The summed E-state index contributed by atoms with van der Waals surface area (Å²) in [5.41, 5.74) is 1.30. The minimum Gasteiger partial charge on any atom is -0.465 e. The maximum Gasteiger partial charge on any atom is 0.337 e. The van der Waals surface area contributed by atoms with Crippen molar-refractivity contribution in [1.29, 1.82) is 0 Å². The van der Waals surface area contributed by atoms with Crippen molar-refractivity contribution in [3.63, 3.8) is 0 Å². The molecule has 2 aromatic rings. The average molecular weight is 262 g/mol. The minimum absolute atomic E-state index is 0.0958. The summed E-state index contributed by atoms with van der Waals surface area (Å²) < 4.78 is 22.4. The highest BCUT2D eigenvalue weighted by molar-refractivity contribution is 5.89. The molecule has 0 N–H and O–H groups in total. The lowest BCUT2D eigenvalue weighted by Crippen LogP contribution is -2.03. The molecule has 19 heavy (non-hydrogen) atoms. The van der Waals surface area contributed by atoms with Crippen molar-refractivity contribution in [1.82, 2.24) is 9.97 Å². The molecule has 0 fully saturated rings. The van der Waals surface area contributed by atoms with Crippen LogP contribution < -0.4 is 4.74 Å². The minimum atomic E-state index is -0.519. The smallest absolute Gasteiger partial charge is 0.337 e. The number of esters is 1. The molecule has 5 nitrogen and oxygen atoms in total. The van der Waals surface area contributed by atoms with Crippen LogP contribution in [0.3, 0.4) is 0 Å². The second-order valence-electron chi connectivity index (χ2n) is 3.66. The first-order chi connectivity index (χ1) is 9.19. The lowest BCUT2D eigenvalue weighted by Gasteiger charge is -2.05. The third kappa shape index (κ3) is 3.48. The van der Waals surface area contributed by atoms with Crippen molar-refractivity contribution in [3.8, 4) is 6.01 Å². The number of aromatic nitrogens is 2. The van der Waals surface area contributed by atoms with Gasteiger partial charge in [0.1, 0.15) is 6.61 Å². The summed E-state index contributed by atoms with van der Waals surface area (Å²) in [6.45, 7) is 0.229. The summed E-state index contributed by atoms with van der Waals surface area (Å²) in [6.07, 6.45) is 2.06. The zero-order chi connectivity index (χ0) is 13.7. The van der Waals surface area contributed by atoms with Crippen molar-refractivity contribution in [2.75, 3.05) is 7.11 Å². The van der Waals surface area contributed by atoms with E-state index in [1.807, 2.05) is 0 Å². The molecule has 1 aromatic carbocycles. The van der Waals surface area contributed by atoms with E-state index in [1.54, 1.807) is 24.3 Å². The van der Waals surface area contributed by atoms with Crippen molar-refractivity contribution < 1.29 is 18.7 Å². The number of carbonyl (C=O) groups excluding carboxylic acids is 1. The molecule has 0 atom stereocenters. The fraction of sp³-hybridized carbons (Fsp3) is 0.154. The lowest BCUT2D eigenvalue weighted by atomic mass is 10.1. The molecule has 0 saturated carbocycles. The van der Waals surface area contributed by atoms with Gasteiger partial charge in [0.25, 0.3) is 0 Å². The Morgan fingerprint density at radius 2 is 1.84 bits per heavy atom. The van der Waals surface area contributed by atoms with E-state index in [1.165, 1.54) is 7.11 Å². The van der Waals surface area contributed by atoms with Gasteiger partial charge in [0, 0.05) is 0 Å². The molecule has 98 valence electrons. The molecule has 0 amide bonds. The number of carbonyl (C=O) groups is 1. The third-order valence-electron chi connectivity index (χ3n) is 2.34. The van der Waals surface area contributed by atoms with Gasteiger partial charge >= 0.3 is 12.0 Å². The van der Waals surface area contributed by atoms with Crippen molar-refractivity contribution in [3.05, 3.63) is 53.6 Å². The number of ether oxygens (including phenoxy) is 2. The summed E-state index contributed by atoms with van der Waals surface area (Å²) in [5, 5.41) is 0. The van der Waals surface area contributed by atoms with Gasteiger partial charge in [-0.2, -0.15) is 0 Å². The van der Waals surface area contributed by atoms with Crippen molar-refractivity contribution in [2.24, 2.45) is 0 Å². The Bertz CT molecular complexity index is 555. The molecule has 0 saturated heterocycles. The number of nitrogens with zero attached hydrogens (tertiary/aromatic N) is 2. The number of hydrogen-bond acceptors (Lipinski definition) is 5. The van der Waals surface area contributed by atoms with Crippen molar-refractivity contribution in [2.45, 2.75) is 6.61 Å². The Morgan fingerprint density at radius 3 is 2.42 bits per heavy atom. The molecular weight excluding hydrogens is 251 g/mol. The molecule has 0 aliphatic carbocycles. The molecule has 2 rings (SSSR count). The first-order valence-electron chi connectivity index (χ1n) is 5.46. The lowest BCUT2D eigenvalue weighted by molar-refractivity contribution is 0.0600. The van der Waals surface area contributed by atoms with Gasteiger partial charge in [-0.3, -0.25) is 0 Å². The molecule has 0 radical (unpaired) electrons. The van der Waals surface area contributed by atoms with E-state index in [0.29, 0.717) is 5.56 Å². The Morgan fingerprint density at radius 1 is 1.21 bits per heavy atom.